The molecule has 25 heavy (non-hydrogen) atoms. The molecule has 0 amide bonds. The first-order valence-corrected chi connectivity index (χ1v) is 7.66. The van der Waals surface area contributed by atoms with E-state index in [1.165, 1.54) is 0 Å². The van der Waals surface area contributed by atoms with Crippen LogP contribution in [-0.2, 0) is 18.9 Å². The van der Waals surface area contributed by atoms with Crippen molar-refractivity contribution in [1.29, 1.82) is 0 Å². The summed E-state index contributed by atoms with van der Waals surface area (Å²) in [6.45, 7) is -0.268. The van der Waals surface area contributed by atoms with Crippen LogP contribution in [0.4, 0.5) is 26.3 Å². The topological polar surface area (TPSA) is 24.1 Å². The summed E-state index contributed by atoms with van der Waals surface area (Å²) in [5.41, 5.74) is -2.14. The predicted molar refractivity (Wildman–Crippen MR) is 85.5 cm³/mol. The van der Waals surface area contributed by atoms with Crippen LogP contribution in [0.3, 0.4) is 0 Å². The van der Waals surface area contributed by atoms with Crippen molar-refractivity contribution < 1.29 is 26.3 Å². The highest BCUT2D eigenvalue weighted by Gasteiger charge is 2.36. The van der Waals surface area contributed by atoms with E-state index in [0.29, 0.717) is 12.1 Å². The molecule has 2 rings (SSSR count). The normalized spacial score (nSPS) is 14.9. The minimum atomic E-state index is -4.87. The Morgan fingerprint density at radius 2 is 1.56 bits per heavy atom. The number of hydrogen-bond acceptors (Lipinski definition) is 1. The molecular weight excluding hydrogens is 366 g/mol. The van der Waals surface area contributed by atoms with Crippen LogP contribution >= 0.6 is 12.2 Å². The second-order valence-electron chi connectivity index (χ2n) is 5.36. The minimum Gasteiger partial charge on any atom is -0.358 e. The maximum atomic E-state index is 12.8. The van der Waals surface area contributed by atoms with Crippen LogP contribution in [0.1, 0.15) is 29.5 Å². The van der Waals surface area contributed by atoms with Gasteiger partial charge < -0.3 is 10.6 Å². The molecule has 0 aromatic heterocycles. The summed E-state index contributed by atoms with van der Waals surface area (Å²) in [6, 6.07) is 1.44. The molecular formula is C16H14F6N2S. The molecule has 2 nitrogen and oxygen atoms in total. The SMILES string of the molecule is FC(F)(F)c1cc(CNC(=S)NC2=CCCC=C2)cc(C(F)(F)F)c1. The van der Waals surface area contributed by atoms with Gasteiger partial charge in [0, 0.05) is 12.2 Å². The lowest BCUT2D eigenvalue weighted by Gasteiger charge is -2.16. The fourth-order valence-electron chi connectivity index (χ4n) is 2.19. The average Bonchev–Trinajstić information content (AvgIpc) is 2.52. The average molecular weight is 380 g/mol. The first kappa shape index (κ1) is 19.3. The zero-order valence-electron chi connectivity index (χ0n) is 12.8. The van der Waals surface area contributed by atoms with E-state index >= 15 is 0 Å². The van der Waals surface area contributed by atoms with E-state index in [1.54, 1.807) is 6.08 Å². The molecule has 0 radical (unpaired) electrons. The molecule has 0 fully saturated rings. The van der Waals surface area contributed by atoms with Gasteiger partial charge in [-0.1, -0.05) is 12.2 Å². The molecule has 136 valence electrons. The third-order valence-corrected chi connectivity index (χ3v) is 3.60. The molecule has 0 heterocycles. The van der Waals surface area contributed by atoms with Gasteiger partial charge in [0.25, 0.3) is 0 Å². The van der Waals surface area contributed by atoms with Crippen molar-refractivity contribution in [2.75, 3.05) is 0 Å². The number of thiocarbonyl (C=S) groups is 1. The summed E-state index contributed by atoms with van der Waals surface area (Å²) in [6.07, 6.45) is -2.41. The van der Waals surface area contributed by atoms with Crippen molar-refractivity contribution in [2.45, 2.75) is 31.7 Å². The van der Waals surface area contributed by atoms with Crippen LogP contribution < -0.4 is 10.6 Å². The van der Waals surface area contributed by atoms with Gasteiger partial charge in [0.2, 0.25) is 0 Å². The van der Waals surface area contributed by atoms with Crippen LogP contribution in [0, 0.1) is 0 Å². The van der Waals surface area contributed by atoms with Crippen molar-refractivity contribution in [3.05, 3.63) is 58.8 Å². The Kier molecular flexibility index (Phi) is 5.76. The lowest BCUT2D eigenvalue weighted by molar-refractivity contribution is -0.143. The van der Waals surface area contributed by atoms with Crippen LogP contribution in [-0.4, -0.2) is 5.11 Å². The summed E-state index contributed by atoms with van der Waals surface area (Å²) in [5, 5.41) is 5.56. The van der Waals surface area contributed by atoms with E-state index in [0.717, 1.165) is 18.5 Å². The third-order valence-electron chi connectivity index (χ3n) is 3.35. The highest BCUT2D eigenvalue weighted by Crippen LogP contribution is 2.36. The third kappa shape index (κ3) is 5.77. The Balaban J connectivity index is 2.11. The van der Waals surface area contributed by atoms with Gasteiger partial charge in [-0.3, -0.25) is 0 Å². The summed E-state index contributed by atoms with van der Waals surface area (Å²) in [4.78, 5) is 0. The van der Waals surface area contributed by atoms with Crippen LogP contribution in [0.15, 0.2) is 42.1 Å². The van der Waals surface area contributed by atoms with Gasteiger partial charge in [-0.15, -0.1) is 0 Å². The maximum Gasteiger partial charge on any atom is 0.416 e. The van der Waals surface area contributed by atoms with E-state index < -0.39 is 23.5 Å². The minimum absolute atomic E-state index is 0.0949. The van der Waals surface area contributed by atoms with E-state index in [4.69, 9.17) is 12.2 Å². The van der Waals surface area contributed by atoms with Gasteiger partial charge in [0.05, 0.1) is 11.1 Å². The molecule has 0 saturated heterocycles. The Bertz CT molecular complexity index is 671. The van der Waals surface area contributed by atoms with Crippen LogP contribution in [0.2, 0.25) is 0 Å². The molecule has 0 aliphatic heterocycles. The summed E-state index contributed by atoms with van der Waals surface area (Å²) < 4.78 is 76.8. The van der Waals surface area contributed by atoms with Gasteiger partial charge in [-0.25, -0.2) is 0 Å². The monoisotopic (exact) mass is 380 g/mol. The number of hydrogen-bond donors (Lipinski definition) is 2. The number of allylic oxidation sites excluding steroid dienone is 3. The van der Waals surface area contributed by atoms with Crippen molar-refractivity contribution >= 4 is 17.3 Å². The summed E-state index contributed by atoms with van der Waals surface area (Å²) in [5.74, 6) is 0. The standard InChI is InChI=1S/C16H14F6N2S/c17-15(18,19)11-6-10(7-12(8-11)16(20,21)22)9-23-14(25)24-13-4-2-1-3-5-13/h2,4-8H,1,3,9H2,(H2,23,24,25). The van der Waals surface area contributed by atoms with Crippen LogP contribution in [0.25, 0.3) is 0 Å². The van der Waals surface area contributed by atoms with Gasteiger partial charge in [0.1, 0.15) is 0 Å². The van der Waals surface area contributed by atoms with Crippen LogP contribution in [0.5, 0.6) is 0 Å². The molecule has 0 bridgehead atoms. The van der Waals surface area contributed by atoms with Gasteiger partial charge in [0.15, 0.2) is 5.11 Å². The number of nitrogens with one attached hydrogen (secondary N) is 2. The molecule has 0 atom stereocenters. The lowest BCUT2D eigenvalue weighted by atomic mass is 10.0. The van der Waals surface area contributed by atoms with E-state index in [-0.39, 0.29) is 23.3 Å². The van der Waals surface area contributed by atoms with E-state index in [9.17, 15) is 26.3 Å². The number of benzene rings is 1. The van der Waals surface area contributed by atoms with Gasteiger partial charge in [-0.2, -0.15) is 26.3 Å². The summed E-state index contributed by atoms with van der Waals surface area (Å²) in [7, 11) is 0. The lowest BCUT2D eigenvalue weighted by Crippen LogP contribution is -2.34. The fourth-order valence-corrected chi connectivity index (χ4v) is 2.38. The van der Waals surface area contributed by atoms with Crippen molar-refractivity contribution in [3.8, 4) is 0 Å². The molecule has 0 unspecified atom stereocenters. The Hall–Kier alpha value is -2.03. The van der Waals surface area contributed by atoms with Gasteiger partial charge >= 0.3 is 12.4 Å². The zero-order chi connectivity index (χ0) is 18.7. The molecule has 0 spiro atoms. The quantitative estimate of drug-likeness (QED) is 0.575. The number of halogens is 6. The smallest absolute Gasteiger partial charge is 0.358 e. The maximum absolute atomic E-state index is 12.8. The first-order valence-electron chi connectivity index (χ1n) is 7.25. The Labute approximate surface area is 145 Å². The van der Waals surface area contributed by atoms with Gasteiger partial charge in [-0.05, 0) is 54.9 Å². The largest absolute Gasteiger partial charge is 0.416 e. The van der Waals surface area contributed by atoms with Crippen molar-refractivity contribution in [3.63, 3.8) is 0 Å². The molecule has 1 aromatic carbocycles. The van der Waals surface area contributed by atoms with E-state index in [1.807, 2.05) is 12.2 Å². The molecule has 1 aromatic rings. The highest BCUT2D eigenvalue weighted by atomic mass is 32.1. The molecule has 2 N–H and O–H groups in total. The second kappa shape index (κ2) is 7.47. The molecule has 1 aliphatic rings. The zero-order valence-corrected chi connectivity index (χ0v) is 13.6. The molecule has 9 heteroatoms. The van der Waals surface area contributed by atoms with Crippen molar-refractivity contribution in [2.24, 2.45) is 0 Å². The molecule has 0 saturated carbocycles. The fraction of sp³-hybridized carbons (Fsp3) is 0.312. The first-order chi connectivity index (χ1) is 11.6. The van der Waals surface area contributed by atoms with E-state index in [2.05, 4.69) is 10.6 Å². The van der Waals surface area contributed by atoms with Crippen molar-refractivity contribution in [1.82, 2.24) is 10.6 Å². The predicted octanol–water partition coefficient (Wildman–Crippen LogP) is 4.92. The number of rotatable bonds is 3. The molecule has 1 aliphatic carbocycles. The number of alkyl halides is 6. The second-order valence-corrected chi connectivity index (χ2v) is 5.77. The Morgan fingerprint density at radius 1 is 0.960 bits per heavy atom. The Morgan fingerprint density at radius 3 is 2.04 bits per heavy atom. The highest BCUT2D eigenvalue weighted by molar-refractivity contribution is 7.80. The summed E-state index contributed by atoms with van der Waals surface area (Å²) >= 11 is 5.01.